The van der Waals surface area contributed by atoms with Crippen molar-refractivity contribution in [2.45, 2.75) is 56.2 Å². The van der Waals surface area contributed by atoms with E-state index in [1.165, 1.54) is 24.3 Å². The van der Waals surface area contributed by atoms with Gasteiger partial charge in [0, 0.05) is 45.6 Å². The van der Waals surface area contributed by atoms with Crippen LogP contribution in [0.4, 0.5) is 28.4 Å². The molecule has 78 heavy (non-hydrogen) atoms. The summed E-state index contributed by atoms with van der Waals surface area (Å²) in [7, 11) is -14.6. The molecule has 0 atom stereocenters. The molecule has 402 valence electrons. The summed E-state index contributed by atoms with van der Waals surface area (Å²) in [6, 6.07) is 21.0. The van der Waals surface area contributed by atoms with E-state index in [-0.39, 0.29) is 44.9 Å². The average molecular weight is 1120 g/mol. The molecule has 0 unspecified atom stereocenters. The zero-order valence-electron chi connectivity index (χ0n) is 41.5. The zero-order chi connectivity index (χ0) is 57.2. The van der Waals surface area contributed by atoms with E-state index in [2.05, 4.69) is 14.8 Å². The van der Waals surface area contributed by atoms with Crippen LogP contribution in [0.25, 0.3) is 33.4 Å². The van der Waals surface area contributed by atoms with Crippen molar-refractivity contribution in [3.63, 3.8) is 0 Å². The standard InChI is InChI=1S/C53H44N4O18S3/c1-23-15-25(3)46(56-76(68,69)41-19-29(50(60)61)17-36(48(41)58)52(64)65)27(5)44(23)54-31-11-13-33-38(21-31)75-39-22-32(12-14-34(39)43(33)35-9-7-8-10-40(35)78(72,73)74)55-45-24(2)16-26(4)47(28(45)6)57-77(70,71)42-20-30(51(62)63)18-37(49(42)59)53(66)67/h7-22,54,56-59H,1-6H3,(H,60,61)(H,62,63)(H,64,65)(H,66,67)(H,72,73,74)/b55-32-. The first kappa shape index (κ1) is 54.9. The van der Waals surface area contributed by atoms with Crippen molar-refractivity contribution in [2.24, 2.45) is 4.99 Å². The van der Waals surface area contributed by atoms with Crippen LogP contribution in [0.2, 0.25) is 0 Å². The van der Waals surface area contributed by atoms with Crippen LogP contribution in [0.3, 0.4) is 0 Å². The normalized spacial score (nSPS) is 12.2. The second kappa shape index (κ2) is 20.0. The number of nitrogens with one attached hydrogen (secondary N) is 3. The third-order valence-corrected chi connectivity index (χ3v) is 16.3. The first-order valence-corrected chi connectivity index (χ1v) is 27.1. The van der Waals surface area contributed by atoms with Crippen molar-refractivity contribution in [3.8, 4) is 33.9 Å². The number of rotatable bonds is 15. The molecule has 22 nitrogen and oxygen atoms in total. The van der Waals surface area contributed by atoms with Gasteiger partial charge in [0.2, 0.25) is 0 Å². The van der Waals surface area contributed by atoms with Gasteiger partial charge in [0.15, 0.2) is 11.5 Å². The number of aromatic hydroxyl groups is 2. The number of sulfonamides is 2. The highest BCUT2D eigenvalue weighted by Gasteiger charge is 2.31. The molecular weight excluding hydrogens is 1080 g/mol. The Bertz CT molecular complexity index is 4360. The van der Waals surface area contributed by atoms with Crippen molar-refractivity contribution in [1.29, 1.82) is 0 Å². The summed E-state index contributed by atoms with van der Waals surface area (Å²) >= 11 is 0. The van der Waals surface area contributed by atoms with Crippen LogP contribution < -0.4 is 20.1 Å². The van der Waals surface area contributed by atoms with Gasteiger partial charge >= 0.3 is 23.9 Å². The van der Waals surface area contributed by atoms with Crippen LogP contribution in [-0.4, -0.2) is 84.3 Å². The van der Waals surface area contributed by atoms with Crippen LogP contribution in [0.15, 0.2) is 121 Å². The van der Waals surface area contributed by atoms with E-state index >= 15 is 0 Å². The van der Waals surface area contributed by atoms with Gasteiger partial charge in [-0.1, -0.05) is 30.3 Å². The van der Waals surface area contributed by atoms with Gasteiger partial charge in [0.25, 0.3) is 30.2 Å². The van der Waals surface area contributed by atoms with Crippen LogP contribution in [-0.2, 0) is 30.2 Å². The lowest BCUT2D eigenvalue weighted by Gasteiger charge is -2.21. The summed E-state index contributed by atoms with van der Waals surface area (Å²) in [6.07, 6.45) is 0. The van der Waals surface area contributed by atoms with Crippen LogP contribution in [0.1, 0.15) is 74.8 Å². The van der Waals surface area contributed by atoms with Gasteiger partial charge in [0.05, 0.1) is 33.5 Å². The molecule has 1 aliphatic heterocycles. The predicted octanol–water partition coefficient (Wildman–Crippen LogP) is 9.08. The molecule has 1 heterocycles. The molecule has 25 heteroatoms. The summed E-state index contributed by atoms with van der Waals surface area (Å²) in [5.41, 5.74) is 0.992. The van der Waals surface area contributed by atoms with E-state index in [4.69, 9.17) is 9.41 Å². The molecule has 0 bridgehead atoms. The molecule has 6 aromatic rings. The van der Waals surface area contributed by atoms with Gasteiger partial charge in [-0.15, -0.1) is 0 Å². The van der Waals surface area contributed by atoms with Gasteiger partial charge in [-0.05, 0) is 130 Å². The number of hydrogen-bond donors (Lipinski definition) is 10. The zero-order valence-corrected chi connectivity index (χ0v) is 44.0. The monoisotopic (exact) mass is 1120 g/mol. The van der Waals surface area contributed by atoms with Crippen LogP contribution in [0.5, 0.6) is 11.5 Å². The molecular formula is C53H44N4O18S3. The van der Waals surface area contributed by atoms with E-state index in [0.29, 0.717) is 80.0 Å². The van der Waals surface area contributed by atoms with E-state index < -0.39 is 102 Å². The molecule has 0 fully saturated rings. The van der Waals surface area contributed by atoms with Crippen molar-refractivity contribution < 1.29 is 84.0 Å². The van der Waals surface area contributed by atoms with Crippen molar-refractivity contribution in [2.75, 3.05) is 14.8 Å². The molecule has 8 rings (SSSR count). The minimum atomic E-state index is -4.88. The minimum Gasteiger partial charge on any atom is -0.506 e. The maximum atomic E-state index is 13.9. The maximum Gasteiger partial charge on any atom is 0.339 e. The van der Waals surface area contributed by atoms with Crippen molar-refractivity contribution in [1.82, 2.24) is 0 Å². The second-order valence-electron chi connectivity index (χ2n) is 18.0. The molecule has 0 amide bonds. The minimum absolute atomic E-state index is 0.000290. The molecule has 2 aliphatic rings. The maximum absolute atomic E-state index is 13.9. The summed E-state index contributed by atoms with van der Waals surface area (Å²) < 4.78 is 103. The Hall–Kier alpha value is -9.30. The van der Waals surface area contributed by atoms with E-state index in [0.717, 1.165) is 0 Å². The molecule has 0 aromatic heterocycles. The lowest BCUT2D eigenvalue weighted by molar-refractivity contribution is 0.0672. The SMILES string of the molecule is Cc1cc(C)c(NS(=O)(=O)c2cc(C(=O)O)cc(C(=O)O)c2O)c(C)c1/N=c1/ccc2c(-c3ccccc3S(=O)(=O)O)c3ccc(Nc4c(C)cc(C)c(NS(=O)(=O)c5cc(C(=O)O)cc(C(=O)O)c5O)c4C)cc3oc-2c1. The number of benzene rings is 7. The van der Waals surface area contributed by atoms with Gasteiger partial charge in [-0.25, -0.2) is 41.0 Å². The van der Waals surface area contributed by atoms with Gasteiger partial charge in [-0.3, -0.25) is 14.0 Å². The average Bonchev–Trinajstić information content (AvgIpc) is 3.47. The lowest BCUT2D eigenvalue weighted by atomic mass is 9.93. The fourth-order valence-electron chi connectivity index (χ4n) is 9.10. The smallest absolute Gasteiger partial charge is 0.339 e. The largest absolute Gasteiger partial charge is 0.506 e. The number of aryl methyl sites for hydroxylation is 4. The highest BCUT2D eigenvalue weighted by atomic mass is 32.2. The number of carbonyl (C=O) groups is 4. The molecule has 0 radical (unpaired) electrons. The third-order valence-electron chi connectivity index (χ3n) is 12.7. The predicted molar refractivity (Wildman–Crippen MR) is 284 cm³/mol. The molecule has 10 N–H and O–H groups in total. The Morgan fingerprint density at radius 3 is 1.56 bits per heavy atom. The fraction of sp³-hybridized carbons (Fsp3) is 0.113. The lowest BCUT2D eigenvalue weighted by Crippen LogP contribution is -2.17. The van der Waals surface area contributed by atoms with E-state index in [1.807, 2.05) is 0 Å². The second-order valence-corrected chi connectivity index (χ2v) is 22.7. The summed E-state index contributed by atoms with van der Waals surface area (Å²) in [5.74, 6) is -9.09. The number of nitrogens with zero attached hydrogens (tertiary/aromatic N) is 1. The first-order chi connectivity index (χ1) is 36.4. The Morgan fingerprint density at radius 2 is 1.04 bits per heavy atom. The van der Waals surface area contributed by atoms with E-state index in [1.54, 1.807) is 90.1 Å². The third kappa shape index (κ3) is 10.2. The molecule has 1 aliphatic carbocycles. The quantitative estimate of drug-likeness (QED) is 0.0338. The Kier molecular flexibility index (Phi) is 14.1. The highest BCUT2D eigenvalue weighted by molar-refractivity contribution is 7.93. The Morgan fingerprint density at radius 1 is 0.526 bits per heavy atom. The summed E-state index contributed by atoms with van der Waals surface area (Å²) in [6.45, 7) is 9.71. The number of hydrogen-bond acceptors (Lipinski definition) is 15. The number of carboxylic acids is 4. The molecule has 6 aromatic carbocycles. The fourth-order valence-corrected chi connectivity index (χ4v) is 12.5. The Balaban J connectivity index is 1.26. The first-order valence-electron chi connectivity index (χ1n) is 22.7. The van der Waals surface area contributed by atoms with Crippen LogP contribution >= 0.6 is 0 Å². The number of fused-ring (bicyclic) bond motifs is 2. The van der Waals surface area contributed by atoms with Crippen molar-refractivity contribution in [3.05, 3.63) is 158 Å². The molecule has 0 saturated carbocycles. The van der Waals surface area contributed by atoms with Gasteiger partial charge in [-0.2, -0.15) is 8.42 Å². The topological polar surface area (TPSA) is 374 Å². The number of anilines is 4. The molecule has 0 saturated heterocycles. The van der Waals surface area contributed by atoms with Crippen molar-refractivity contribution >= 4 is 93.4 Å². The number of phenols is 2. The summed E-state index contributed by atoms with van der Waals surface area (Å²) in [5, 5.41) is 63.7. The van der Waals surface area contributed by atoms with Gasteiger partial charge in [0.1, 0.15) is 37.2 Å². The highest BCUT2D eigenvalue weighted by Crippen LogP contribution is 2.44. The Labute approximate surface area is 443 Å². The van der Waals surface area contributed by atoms with E-state index in [9.17, 15) is 79.6 Å². The number of aromatic carboxylic acids is 4. The number of carboxylic acid groups (broad SMARTS) is 4. The van der Waals surface area contributed by atoms with Gasteiger partial charge < -0.3 is 40.4 Å². The molecule has 0 spiro atoms. The summed E-state index contributed by atoms with van der Waals surface area (Å²) in [4.78, 5) is 49.8. The van der Waals surface area contributed by atoms with Crippen LogP contribution in [0, 0.1) is 41.5 Å².